The van der Waals surface area contributed by atoms with Crippen LogP contribution in [0.4, 0.5) is 0 Å². The van der Waals surface area contributed by atoms with Gasteiger partial charge < -0.3 is 31.5 Å². The summed E-state index contributed by atoms with van der Waals surface area (Å²) in [6.07, 6.45) is 4.01. The fraction of sp³-hybridized carbons (Fsp3) is 0.400. The number of Topliss-reactive ketones (excluding diaryl/α,β-unsaturated/α-hetero) is 2. The number of aliphatic hydroxyl groups excluding tert-OH is 2. The summed E-state index contributed by atoms with van der Waals surface area (Å²) in [4.78, 5) is 40.4. The van der Waals surface area contributed by atoms with Gasteiger partial charge in [-0.25, -0.2) is 0 Å². The molecule has 0 radical (unpaired) electrons. The third-order valence-electron chi connectivity index (χ3n) is 7.26. The van der Waals surface area contributed by atoms with Crippen LogP contribution in [0.15, 0.2) is 40.9 Å². The fourth-order valence-corrected chi connectivity index (χ4v) is 5.73. The normalized spacial score (nSPS) is 28.4. The van der Waals surface area contributed by atoms with Crippen molar-refractivity contribution in [2.24, 2.45) is 17.6 Å². The molecule has 3 aliphatic rings. The molecule has 0 saturated carbocycles. The summed E-state index contributed by atoms with van der Waals surface area (Å²) in [6.45, 7) is 0.592. The van der Waals surface area contributed by atoms with Gasteiger partial charge in [0.25, 0.3) is 5.91 Å². The summed E-state index contributed by atoms with van der Waals surface area (Å²) in [6, 6.07) is 2.06. The Labute approximate surface area is 202 Å². The number of carbonyl (C=O) groups is 3. The highest BCUT2D eigenvalue weighted by molar-refractivity contribution is 6.24. The van der Waals surface area contributed by atoms with Crippen molar-refractivity contribution in [2.45, 2.75) is 24.5 Å². The van der Waals surface area contributed by atoms with Crippen LogP contribution in [0.3, 0.4) is 0 Å². The molecule has 0 spiro atoms. The molecule has 10 heteroatoms. The minimum absolute atomic E-state index is 0.00242. The zero-order chi connectivity index (χ0) is 25.8. The molecule has 186 valence electrons. The van der Waals surface area contributed by atoms with Gasteiger partial charge in [-0.3, -0.25) is 19.3 Å². The number of allylic oxidation sites excluding steroid dienone is 1. The van der Waals surface area contributed by atoms with Crippen LogP contribution in [-0.4, -0.2) is 82.1 Å². The Morgan fingerprint density at radius 2 is 1.94 bits per heavy atom. The fourth-order valence-electron chi connectivity index (χ4n) is 5.73. The third kappa shape index (κ3) is 3.48. The molecule has 4 rings (SSSR count). The number of ketones is 2. The van der Waals surface area contributed by atoms with E-state index in [2.05, 4.69) is 5.32 Å². The lowest BCUT2D eigenvalue weighted by molar-refractivity contribution is -0.148. The maximum Gasteiger partial charge on any atom is 0.255 e. The summed E-state index contributed by atoms with van der Waals surface area (Å²) in [5, 5.41) is 47.1. The van der Waals surface area contributed by atoms with E-state index in [0.29, 0.717) is 12.1 Å². The minimum Gasteiger partial charge on any atom is -0.510 e. The van der Waals surface area contributed by atoms with Crippen molar-refractivity contribution >= 4 is 23.5 Å². The van der Waals surface area contributed by atoms with Gasteiger partial charge in [-0.15, -0.1) is 0 Å². The van der Waals surface area contributed by atoms with E-state index in [1.807, 2.05) is 12.2 Å². The number of nitrogens with one attached hydrogen (secondary N) is 1. The zero-order valence-corrected chi connectivity index (χ0v) is 19.7. The van der Waals surface area contributed by atoms with Gasteiger partial charge in [-0.1, -0.05) is 18.2 Å². The average Bonchev–Trinajstić information content (AvgIpc) is 2.77. The number of hydrogen-bond donors (Lipinski definition) is 6. The largest absolute Gasteiger partial charge is 0.510 e. The van der Waals surface area contributed by atoms with Gasteiger partial charge >= 0.3 is 0 Å². The van der Waals surface area contributed by atoms with E-state index < -0.39 is 58.0 Å². The van der Waals surface area contributed by atoms with E-state index in [1.165, 1.54) is 11.0 Å². The lowest BCUT2D eigenvalue weighted by Crippen LogP contribution is -2.63. The second-order valence-electron chi connectivity index (χ2n) is 9.45. The van der Waals surface area contributed by atoms with Gasteiger partial charge in [0.15, 0.2) is 11.4 Å². The number of benzene rings is 1. The van der Waals surface area contributed by atoms with Crippen LogP contribution < -0.4 is 11.1 Å². The number of carbonyl (C=O) groups excluding carboxylic acids is 3. The predicted octanol–water partition coefficient (Wildman–Crippen LogP) is 0.353. The molecular weight excluding hydrogens is 454 g/mol. The summed E-state index contributed by atoms with van der Waals surface area (Å²) in [5.41, 5.74) is 3.02. The highest BCUT2D eigenvalue weighted by Gasteiger charge is 2.63. The Morgan fingerprint density at radius 1 is 1.26 bits per heavy atom. The number of primary amides is 1. The van der Waals surface area contributed by atoms with Gasteiger partial charge in [0.1, 0.15) is 22.8 Å². The maximum absolute atomic E-state index is 13.6. The number of phenolic OH excluding ortho intramolecular Hbond substituents is 1. The van der Waals surface area contributed by atoms with Gasteiger partial charge in [-0.05, 0) is 57.1 Å². The smallest absolute Gasteiger partial charge is 0.255 e. The number of nitrogens with zero attached hydrogens (tertiary/aromatic N) is 1. The Kier molecular flexibility index (Phi) is 6.08. The number of rotatable bonds is 5. The molecule has 7 N–H and O–H groups in total. The Bertz CT molecular complexity index is 1230. The van der Waals surface area contributed by atoms with Crippen LogP contribution in [-0.2, 0) is 16.0 Å². The van der Waals surface area contributed by atoms with Gasteiger partial charge in [0.2, 0.25) is 5.78 Å². The summed E-state index contributed by atoms with van der Waals surface area (Å²) < 4.78 is 0. The number of aliphatic hydroxyl groups is 3. The van der Waals surface area contributed by atoms with E-state index in [4.69, 9.17) is 5.73 Å². The van der Waals surface area contributed by atoms with E-state index in [0.717, 1.165) is 5.56 Å². The summed E-state index contributed by atoms with van der Waals surface area (Å²) in [7, 11) is 4.98. The van der Waals surface area contributed by atoms with Crippen molar-refractivity contribution in [1.29, 1.82) is 0 Å². The molecule has 1 aromatic rings. The van der Waals surface area contributed by atoms with Crippen LogP contribution >= 0.6 is 0 Å². The summed E-state index contributed by atoms with van der Waals surface area (Å²) >= 11 is 0. The van der Waals surface area contributed by atoms with E-state index in [9.17, 15) is 34.8 Å². The molecule has 10 nitrogen and oxygen atoms in total. The minimum atomic E-state index is -2.63. The molecule has 1 aromatic carbocycles. The molecule has 35 heavy (non-hydrogen) atoms. The zero-order valence-electron chi connectivity index (χ0n) is 19.7. The first-order chi connectivity index (χ1) is 16.5. The van der Waals surface area contributed by atoms with Crippen LogP contribution in [0, 0.1) is 11.8 Å². The maximum atomic E-state index is 13.6. The molecule has 0 saturated heterocycles. The Morgan fingerprint density at radius 3 is 2.54 bits per heavy atom. The number of phenols is 1. The molecule has 3 aliphatic carbocycles. The van der Waals surface area contributed by atoms with Crippen LogP contribution in [0.2, 0.25) is 0 Å². The lowest BCUT2D eigenvalue weighted by Gasteiger charge is -2.50. The summed E-state index contributed by atoms with van der Waals surface area (Å²) in [5.74, 6) is -6.57. The molecule has 0 aliphatic heterocycles. The first kappa shape index (κ1) is 24.6. The third-order valence-corrected chi connectivity index (χ3v) is 7.26. The SMILES string of the molecule is CNC/C=C/c1ccc(O)c2c1C[C@H]1C[C@H]3[C@H](N(C)C)C(O)=C(C(N)=O)C(=O)[C@@]3(O)C(O)=C1C2=O. The number of likely N-dealkylation sites (N-methyl/N-ethyl adjacent to an activating group) is 2. The quantitative estimate of drug-likeness (QED) is 0.323. The van der Waals surface area contributed by atoms with Crippen LogP contribution in [0.1, 0.15) is 27.9 Å². The molecule has 1 amide bonds. The highest BCUT2D eigenvalue weighted by atomic mass is 16.3. The van der Waals surface area contributed by atoms with Gasteiger partial charge in [-0.2, -0.15) is 0 Å². The van der Waals surface area contributed by atoms with Crippen molar-refractivity contribution in [3.63, 3.8) is 0 Å². The molecule has 4 atom stereocenters. The van der Waals surface area contributed by atoms with Crippen molar-refractivity contribution in [3.8, 4) is 5.75 Å². The van der Waals surface area contributed by atoms with E-state index >= 15 is 0 Å². The standard InChI is InChI=1S/C25H29N3O7/c1-27-8-4-5-11-6-7-15(29)17-13(11)9-12-10-14-19(28(2)3)21(31)18(24(26)34)23(33)25(14,35)22(32)16(12)20(17)30/h4-7,12,14,19,27,29,31-32,35H,8-10H2,1-3H3,(H2,26,34)/b5-4+/t12-,14-,19-,25-/m0/s1. The first-order valence-corrected chi connectivity index (χ1v) is 11.3. The van der Waals surface area contributed by atoms with E-state index in [-0.39, 0.29) is 29.7 Å². The first-order valence-electron chi connectivity index (χ1n) is 11.3. The number of hydrogen-bond acceptors (Lipinski definition) is 9. The lowest BCUT2D eigenvalue weighted by atomic mass is 9.58. The second-order valence-corrected chi connectivity index (χ2v) is 9.45. The molecule has 0 unspecified atom stereocenters. The van der Waals surface area contributed by atoms with Crippen molar-refractivity contribution in [2.75, 3.05) is 27.7 Å². The van der Waals surface area contributed by atoms with Gasteiger partial charge in [0.05, 0.1) is 11.6 Å². The van der Waals surface area contributed by atoms with E-state index in [1.54, 1.807) is 27.2 Å². The Balaban J connectivity index is 1.92. The highest BCUT2D eigenvalue weighted by Crippen LogP contribution is 2.52. The van der Waals surface area contributed by atoms with Crippen molar-refractivity contribution in [1.82, 2.24) is 10.2 Å². The second kappa shape index (κ2) is 8.63. The predicted molar refractivity (Wildman–Crippen MR) is 127 cm³/mol. The molecule has 0 heterocycles. The monoisotopic (exact) mass is 483 g/mol. The Hall–Kier alpha value is -3.47. The molecule has 0 fully saturated rings. The molecule has 0 aromatic heterocycles. The molecule has 0 bridgehead atoms. The van der Waals surface area contributed by atoms with Crippen LogP contribution in [0.25, 0.3) is 6.08 Å². The average molecular weight is 484 g/mol. The van der Waals surface area contributed by atoms with Gasteiger partial charge in [0, 0.05) is 18.0 Å². The van der Waals surface area contributed by atoms with Crippen LogP contribution in [0.5, 0.6) is 5.75 Å². The topological polar surface area (TPSA) is 173 Å². The number of amides is 1. The molecular formula is C25H29N3O7. The number of nitrogens with two attached hydrogens (primary N) is 1. The number of fused-ring (bicyclic) bond motifs is 3. The van der Waals surface area contributed by atoms with Crippen molar-refractivity contribution < 1.29 is 34.8 Å². The number of aromatic hydroxyl groups is 1. The van der Waals surface area contributed by atoms with Crippen molar-refractivity contribution in [3.05, 3.63) is 57.6 Å².